The standard InChI is InChI=1S/C21H18O4/c1-12-19(16-5-3-4-6-18(16)25-21(12)23)17-9-7-13-11-14(24-2)8-10-15(13)20(17)22/h3-6,8,10-11,17,19H,1,7,9H2,2H3/t17-,19-/m0/s1. The second-order valence-electron chi connectivity index (χ2n) is 6.46. The third-order valence-electron chi connectivity index (χ3n) is 5.14. The molecule has 0 fully saturated rings. The molecule has 4 rings (SSSR count). The molecule has 25 heavy (non-hydrogen) atoms. The molecule has 0 spiro atoms. The fourth-order valence-electron chi connectivity index (χ4n) is 3.87. The highest BCUT2D eigenvalue weighted by molar-refractivity contribution is 6.03. The molecule has 2 aromatic rings. The number of carbonyl (C=O) groups is 2. The largest absolute Gasteiger partial charge is 0.497 e. The van der Waals surface area contributed by atoms with Crippen LogP contribution in [0.3, 0.4) is 0 Å². The number of carbonyl (C=O) groups excluding carboxylic acids is 2. The molecule has 1 aliphatic carbocycles. The Balaban J connectivity index is 1.76. The maximum Gasteiger partial charge on any atom is 0.339 e. The quantitative estimate of drug-likeness (QED) is 0.477. The second-order valence-corrected chi connectivity index (χ2v) is 6.46. The maximum atomic E-state index is 13.1. The van der Waals surface area contributed by atoms with Crippen LogP contribution in [0.25, 0.3) is 0 Å². The summed E-state index contributed by atoms with van der Waals surface area (Å²) in [6.07, 6.45) is 1.44. The van der Waals surface area contributed by atoms with Crippen LogP contribution in [0.4, 0.5) is 0 Å². The van der Waals surface area contributed by atoms with Crippen molar-refractivity contribution in [2.24, 2.45) is 5.92 Å². The van der Waals surface area contributed by atoms with Gasteiger partial charge >= 0.3 is 5.97 Å². The Morgan fingerprint density at radius 3 is 2.76 bits per heavy atom. The summed E-state index contributed by atoms with van der Waals surface area (Å²) in [5.41, 5.74) is 2.93. The molecule has 0 aromatic heterocycles. The summed E-state index contributed by atoms with van der Waals surface area (Å²) in [5, 5.41) is 0. The van der Waals surface area contributed by atoms with Crippen molar-refractivity contribution in [2.45, 2.75) is 18.8 Å². The predicted octanol–water partition coefficient (Wildman–Crippen LogP) is 3.70. The van der Waals surface area contributed by atoms with Crippen molar-refractivity contribution in [3.8, 4) is 11.5 Å². The summed E-state index contributed by atoms with van der Waals surface area (Å²) in [7, 11) is 1.61. The van der Waals surface area contributed by atoms with Crippen LogP contribution >= 0.6 is 0 Å². The topological polar surface area (TPSA) is 52.6 Å². The predicted molar refractivity (Wildman–Crippen MR) is 93.1 cm³/mol. The highest BCUT2D eigenvalue weighted by Crippen LogP contribution is 2.45. The van der Waals surface area contributed by atoms with Crippen LogP contribution in [0.2, 0.25) is 0 Å². The molecule has 0 bridgehead atoms. The summed E-state index contributed by atoms with van der Waals surface area (Å²) in [5.74, 6) is 0.249. The normalized spacial score (nSPS) is 22.0. The number of aryl methyl sites for hydroxylation is 1. The molecular formula is C21H18O4. The van der Waals surface area contributed by atoms with Gasteiger partial charge in [0.15, 0.2) is 5.78 Å². The number of fused-ring (bicyclic) bond motifs is 2. The third-order valence-corrected chi connectivity index (χ3v) is 5.14. The molecule has 1 heterocycles. The first kappa shape index (κ1) is 15.6. The number of hydrogen-bond acceptors (Lipinski definition) is 4. The molecule has 0 N–H and O–H groups in total. The van der Waals surface area contributed by atoms with Gasteiger partial charge in [-0.15, -0.1) is 0 Å². The fourth-order valence-corrected chi connectivity index (χ4v) is 3.87. The van der Waals surface area contributed by atoms with E-state index in [0.717, 1.165) is 23.3 Å². The molecule has 4 heteroatoms. The molecule has 0 saturated heterocycles. The van der Waals surface area contributed by atoms with Gasteiger partial charge in [-0.05, 0) is 42.7 Å². The van der Waals surface area contributed by atoms with E-state index in [2.05, 4.69) is 6.58 Å². The van der Waals surface area contributed by atoms with E-state index in [1.54, 1.807) is 19.2 Å². The first-order chi connectivity index (χ1) is 12.1. The van der Waals surface area contributed by atoms with E-state index < -0.39 is 5.97 Å². The molecule has 1 aliphatic heterocycles. The molecule has 0 amide bonds. The van der Waals surface area contributed by atoms with E-state index in [0.29, 0.717) is 23.3 Å². The van der Waals surface area contributed by atoms with Gasteiger partial charge in [0.1, 0.15) is 11.5 Å². The summed E-state index contributed by atoms with van der Waals surface area (Å²) in [6.45, 7) is 3.92. The first-order valence-electron chi connectivity index (χ1n) is 8.31. The van der Waals surface area contributed by atoms with Crippen molar-refractivity contribution in [3.63, 3.8) is 0 Å². The lowest BCUT2D eigenvalue weighted by Gasteiger charge is -2.34. The first-order valence-corrected chi connectivity index (χ1v) is 8.31. The number of hydrogen-bond donors (Lipinski definition) is 0. The van der Waals surface area contributed by atoms with Gasteiger partial charge in [-0.1, -0.05) is 24.8 Å². The Labute approximate surface area is 146 Å². The minimum Gasteiger partial charge on any atom is -0.497 e. The van der Waals surface area contributed by atoms with Gasteiger partial charge in [0.25, 0.3) is 0 Å². The smallest absolute Gasteiger partial charge is 0.339 e. The zero-order valence-electron chi connectivity index (χ0n) is 14.0. The Morgan fingerprint density at radius 2 is 1.96 bits per heavy atom. The van der Waals surface area contributed by atoms with Crippen molar-refractivity contribution in [2.75, 3.05) is 7.11 Å². The van der Waals surface area contributed by atoms with Gasteiger partial charge in [-0.25, -0.2) is 4.79 Å². The number of Topliss-reactive ketones (excluding diaryl/α,β-unsaturated/α-hetero) is 1. The Morgan fingerprint density at radius 1 is 1.16 bits per heavy atom. The van der Waals surface area contributed by atoms with Gasteiger partial charge in [-0.3, -0.25) is 4.79 Å². The number of benzene rings is 2. The molecule has 2 aromatic carbocycles. The fraction of sp³-hybridized carbons (Fsp3) is 0.238. The minimum atomic E-state index is -0.447. The van der Waals surface area contributed by atoms with Crippen LogP contribution in [-0.2, 0) is 11.2 Å². The molecule has 2 aliphatic rings. The van der Waals surface area contributed by atoms with Crippen LogP contribution in [0.1, 0.15) is 33.8 Å². The number of para-hydroxylation sites is 1. The van der Waals surface area contributed by atoms with Crippen molar-refractivity contribution >= 4 is 11.8 Å². The number of ketones is 1. The highest BCUT2D eigenvalue weighted by Gasteiger charge is 2.41. The van der Waals surface area contributed by atoms with Crippen LogP contribution in [0.5, 0.6) is 11.5 Å². The van der Waals surface area contributed by atoms with Crippen LogP contribution < -0.4 is 9.47 Å². The maximum absolute atomic E-state index is 13.1. The molecule has 4 nitrogen and oxygen atoms in total. The number of ether oxygens (including phenoxy) is 2. The lowest BCUT2D eigenvalue weighted by Crippen LogP contribution is -2.34. The average molecular weight is 334 g/mol. The van der Waals surface area contributed by atoms with Crippen LogP contribution in [0, 0.1) is 5.92 Å². The van der Waals surface area contributed by atoms with E-state index in [1.165, 1.54) is 0 Å². The number of methoxy groups -OCH3 is 1. The summed E-state index contributed by atoms with van der Waals surface area (Å²) >= 11 is 0. The van der Waals surface area contributed by atoms with Crippen molar-refractivity contribution in [3.05, 3.63) is 71.3 Å². The zero-order valence-corrected chi connectivity index (χ0v) is 14.0. The van der Waals surface area contributed by atoms with Crippen molar-refractivity contribution in [1.82, 2.24) is 0 Å². The van der Waals surface area contributed by atoms with Crippen molar-refractivity contribution in [1.29, 1.82) is 0 Å². The molecule has 126 valence electrons. The van der Waals surface area contributed by atoms with Gasteiger partial charge in [0, 0.05) is 28.5 Å². The minimum absolute atomic E-state index is 0.0551. The van der Waals surface area contributed by atoms with E-state index in [-0.39, 0.29) is 17.6 Å². The number of esters is 1. The lowest BCUT2D eigenvalue weighted by atomic mass is 9.70. The summed E-state index contributed by atoms with van der Waals surface area (Å²) in [6, 6.07) is 12.9. The van der Waals surface area contributed by atoms with Gasteiger partial charge < -0.3 is 9.47 Å². The lowest BCUT2D eigenvalue weighted by molar-refractivity contribution is -0.131. The second kappa shape index (κ2) is 5.88. The molecule has 0 radical (unpaired) electrons. The van der Waals surface area contributed by atoms with Gasteiger partial charge in [-0.2, -0.15) is 0 Å². The summed E-state index contributed by atoms with van der Waals surface area (Å²) in [4.78, 5) is 25.3. The Hall–Kier alpha value is -2.88. The van der Waals surface area contributed by atoms with Gasteiger partial charge in [0.2, 0.25) is 0 Å². The summed E-state index contributed by atoms with van der Waals surface area (Å²) < 4.78 is 10.6. The average Bonchev–Trinajstić information content (AvgIpc) is 2.63. The third kappa shape index (κ3) is 2.45. The highest BCUT2D eigenvalue weighted by atomic mass is 16.5. The SMILES string of the molecule is C=C1C(=O)Oc2ccccc2[C@H]1[C@@H]1CCc2cc(OC)ccc2C1=O. The Kier molecular flexibility index (Phi) is 3.68. The van der Waals surface area contributed by atoms with E-state index >= 15 is 0 Å². The van der Waals surface area contributed by atoms with Crippen molar-refractivity contribution < 1.29 is 19.1 Å². The molecule has 0 saturated carbocycles. The van der Waals surface area contributed by atoms with Gasteiger partial charge in [0.05, 0.1) is 7.11 Å². The van der Waals surface area contributed by atoms with E-state index in [9.17, 15) is 9.59 Å². The molecule has 2 atom stereocenters. The zero-order chi connectivity index (χ0) is 17.6. The molecule has 0 unspecified atom stereocenters. The van der Waals surface area contributed by atoms with E-state index in [1.807, 2.05) is 30.3 Å². The molecular weight excluding hydrogens is 316 g/mol. The van der Waals surface area contributed by atoms with Crippen LogP contribution in [-0.4, -0.2) is 18.9 Å². The monoisotopic (exact) mass is 334 g/mol. The number of rotatable bonds is 2. The van der Waals surface area contributed by atoms with E-state index in [4.69, 9.17) is 9.47 Å². The van der Waals surface area contributed by atoms with Crippen LogP contribution in [0.15, 0.2) is 54.6 Å². The Bertz CT molecular complexity index is 897.